The number of nitrogens with zero attached hydrogens (tertiary/aromatic N) is 2. The van der Waals surface area contributed by atoms with E-state index in [0.29, 0.717) is 33.6 Å². The van der Waals surface area contributed by atoms with Gasteiger partial charge in [-0.1, -0.05) is 18.2 Å². The number of alkyl halides is 1. The molecule has 1 aliphatic rings. The second-order valence-electron chi connectivity index (χ2n) is 9.31. The van der Waals surface area contributed by atoms with E-state index in [1.807, 2.05) is 36.1 Å². The fraction of sp³-hybridized carbons (Fsp3) is 0.308. The van der Waals surface area contributed by atoms with Crippen molar-refractivity contribution in [2.45, 2.75) is 32.5 Å². The Morgan fingerprint density at radius 1 is 1.29 bits per heavy atom. The van der Waals surface area contributed by atoms with Gasteiger partial charge in [-0.25, -0.2) is 4.39 Å². The molecule has 0 saturated carbocycles. The van der Waals surface area contributed by atoms with Crippen LogP contribution in [0.25, 0.3) is 21.3 Å². The number of hydrogen-bond acceptors (Lipinski definition) is 5. The number of amides is 1. The molecule has 3 N–H and O–H groups in total. The molecule has 0 bridgehead atoms. The third-order valence-corrected chi connectivity index (χ3v) is 7.78. The number of thiophene rings is 1. The van der Waals surface area contributed by atoms with Crippen LogP contribution in [0, 0.1) is 0 Å². The topological polar surface area (TPSA) is 90.4 Å². The lowest BCUT2D eigenvalue weighted by Crippen LogP contribution is -2.23. The van der Waals surface area contributed by atoms with Crippen molar-refractivity contribution < 1.29 is 14.3 Å². The maximum absolute atomic E-state index is 15.0. The van der Waals surface area contributed by atoms with Crippen LogP contribution in [0.15, 0.2) is 47.4 Å². The van der Waals surface area contributed by atoms with E-state index in [1.165, 1.54) is 15.9 Å². The molecular formula is C26H27FN4O3S. The van der Waals surface area contributed by atoms with E-state index in [4.69, 9.17) is 0 Å². The monoisotopic (exact) mass is 494 g/mol. The van der Waals surface area contributed by atoms with Gasteiger partial charge in [0.1, 0.15) is 17.4 Å². The Morgan fingerprint density at radius 2 is 2.03 bits per heavy atom. The second kappa shape index (κ2) is 8.35. The number of hydrogen-bond donors (Lipinski definition) is 3. The molecule has 0 radical (unpaired) electrons. The molecule has 1 aliphatic heterocycles. The Bertz CT molecular complexity index is 1510. The van der Waals surface area contributed by atoms with Crippen LogP contribution in [0.2, 0.25) is 0 Å². The summed E-state index contributed by atoms with van der Waals surface area (Å²) in [6, 6.07) is 11.0. The number of aromatic amines is 1. The number of H-pyrrole nitrogens is 1. The van der Waals surface area contributed by atoms with Gasteiger partial charge < -0.3 is 24.9 Å². The maximum atomic E-state index is 15.0. The highest BCUT2D eigenvalue weighted by Gasteiger charge is 2.33. The van der Waals surface area contributed by atoms with E-state index in [0.717, 1.165) is 21.8 Å². The van der Waals surface area contributed by atoms with Gasteiger partial charge in [0, 0.05) is 46.9 Å². The average molecular weight is 495 g/mol. The second-order valence-corrected chi connectivity index (χ2v) is 10.4. The van der Waals surface area contributed by atoms with Gasteiger partial charge in [-0.05, 0) is 39.0 Å². The molecule has 1 amide bonds. The van der Waals surface area contributed by atoms with Gasteiger partial charge in [-0.3, -0.25) is 9.59 Å². The number of pyridine rings is 1. The van der Waals surface area contributed by atoms with Crippen molar-refractivity contribution in [1.82, 2.24) is 14.9 Å². The molecule has 0 spiro atoms. The summed E-state index contributed by atoms with van der Waals surface area (Å²) in [5.41, 5.74) is 2.12. The van der Waals surface area contributed by atoms with Crippen molar-refractivity contribution in [2.75, 3.05) is 18.0 Å². The van der Waals surface area contributed by atoms with Gasteiger partial charge in [-0.2, -0.15) is 0 Å². The molecule has 0 saturated heterocycles. The van der Waals surface area contributed by atoms with Crippen molar-refractivity contribution in [3.8, 4) is 10.4 Å². The molecule has 0 fully saturated rings. The highest BCUT2D eigenvalue weighted by atomic mass is 32.1. The van der Waals surface area contributed by atoms with Crippen LogP contribution >= 0.6 is 11.3 Å². The molecule has 3 aromatic heterocycles. The lowest BCUT2D eigenvalue weighted by Gasteiger charge is -2.20. The van der Waals surface area contributed by atoms with Gasteiger partial charge in [0.15, 0.2) is 0 Å². The molecule has 9 heteroatoms. The van der Waals surface area contributed by atoms with Crippen LogP contribution < -0.4 is 15.8 Å². The van der Waals surface area contributed by atoms with Gasteiger partial charge in [0.2, 0.25) is 0 Å². The Kier molecular flexibility index (Phi) is 5.56. The van der Waals surface area contributed by atoms with Gasteiger partial charge >= 0.3 is 0 Å². The first-order chi connectivity index (χ1) is 16.6. The average Bonchev–Trinajstić information content (AvgIpc) is 3.52. The standard InChI is InChI=1S/C26H27FN4O3S/c1-5-28-24(32)18-10-15-16(12-30(4)25(33)22(15)29-18)23-20(11-21(35-23)26(2,3)34)31-13-17(27)14-8-6-7-9-19(14)31/h6-12,17,29,34H,5,13H2,1-4H3,(H,28,32). The number of aryl methyl sites for hydroxylation is 1. The fourth-order valence-corrected chi connectivity index (χ4v) is 5.74. The van der Waals surface area contributed by atoms with E-state index in [-0.39, 0.29) is 18.0 Å². The summed E-state index contributed by atoms with van der Waals surface area (Å²) in [6.07, 6.45) is 0.597. The first kappa shape index (κ1) is 23.3. The molecular weight excluding hydrogens is 467 g/mol. The Morgan fingerprint density at radius 3 is 2.74 bits per heavy atom. The third kappa shape index (κ3) is 3.84. The Labute approximate surface area is 205 Å². The number of rotatable bonds is 5. The van der Waals surface area contributed by atoms with E-state index >= 15 is 0 Å². The summed E-state index contributed by atoms with van der Waals surface area (Å²) in [7, 11) is 1.66. The van der Waals surface area contributed by atoms with Crippen LogP contribution in [0.4, 0.5) is 15.8 Å². The van der Waals surface area contributed by atoms with Crippen LogP contribution in [0.3, 0.4) is 0 Å². The lowest BCUT2D eigenvalue weighted by molar-refractivity contribution is 0.0825. The third-order valence-electron chi connectivity index (χ3n) is 6.31. The zero-order valence-corrected chi connectivity index (χ0v) is 20.8. The molecule has 1 aromatic carbocycles. The zero-order chi connectivity index (χ0) is 25.1. The summed E-state index contributed by atoms with van der Waals surface area (Å²) in [5.74, 6) is -0.297. The summed E-state index contributed by atoms with van der Waals surface area (Å²) in [6.45, 7) is 5.86. The number of para-hydroxylation sites is 1. The van der Waals surface area contributed by atoms with Crippen molar-refractivity contribution >= 4 is 39.5 Å². The van der Waals surface area contributed by atoms with Crippen molar-refractivity contribution in [2.24, 2.45) is 7.05 Å². The number of nitrogens with one attached hydrogen (secondary N) is 2. The molecule has 182 valence electrons. The SMILES string of the molecule is CCNC(=O)c1cc2c(-c3sc(C(C)(C)O)cc3N3CC(F)c4ccccc43)cn(C)c(=O)c2[nH]1. The van der Waals surface area contributed by atoms with Crippen molar-refractivity contribution in [3.05, 3.63) is 69.1 Å². The summed E-state index contributed by atoms with van der Waals surface area (Å²) < 4.78 is 16.5. The first-order valence-corrected chi connectivity index (χ1v) is 12.3. The number of fused-ring (bicyclic) bond motifs is 2. The summed E-state index contributed by atoms with van der Waals surface area (Å²) >= 11 is 1.40. The summed E-state index contributed by atoms with van der Waals surface area (Å²) in [5, 5.41) is 14.2. The first-order valence-electron chi connectivity index (χ1n) is 11.5. The highest BCUT2D eigenvalue weighted by molar-refractivity contribution is 7.16. The van der Waals surface area contributed by atoms with E-state index in [1.54, 1.807) is 39.2 Å². The molecule has 0 aliphatic carbocycles. The fourth-order valence-electron chi connectivity index (χ4n) is 4.55. The predicted molar refractivity (Wildman–Crippen MR) is 137 cm³/mol. The molecule has 5 rings (SSSR count). The number of carbonyl (C=O) groups excluding carboxylic acids is 1. The number of aromatic nitrogens is 2. The van der Waals surface area contributed by atoms with Gasteiger partial charge in [0.05, 0.1) is 22.7 Å². The smallest absolute Gasteiger partial charge is 0.274 e. The predicted octanol–water partition coefficient (Wildman–Crippen LogP) is 4.73. The molecule has 4 heterocycles. The van der Waals surface area contributed by atoms with Gasteiger partial charge in [-0.15, -0.1) is 11.3 Å². The van der Waals surface area contributed by atoms with Gasteiger partial charge in [0.25, 0.3) is 11.5 Å². The minimum atomic E-state index is -1.14. The number of benzene rings is 1. The van der Waals surface area contributed by atoms with E-state index in [9.17, 15) is 19.1 Å². The molecule has 1 unspecified atom stereocenters. The quantitative estimate of drug-likeness (QED) is 0.374. The number of anilines is 2. The van der Waals surface area contributed by atoms with Crippen molar-refractivity contribution in [1.29, 1.82) is 0 Å². The zero-order valence-electron chi connectivity index (χ0n) is 20.0. The van der Waals surface area contributed by atoms with Crippen LogP contribution in [0.1, 0.15) is 47.9 Å². The summed E-state index contributed by atoms with van der Waals surface area (Å²) in [4.78, 5) is 31.8. The molecule has 4 aromatic rings. The van der Waals surface area contributed by atoms with E-state index < -0.39 is 11.8 Å². The Balaban J connectivity index is 1.77. The number of halogens is 1. The maximum Gasteiger partial charge on any atom is 0.274 e. The minimum Gasteiger partial charge on any atom is -0.385 e. The highest BCUT2D eigenvalue weighted by Crippen LogP contribution is 2.50. The van der Waals surface area contributed by atoms with Crippen LogP contribution in [0.5, 0.6) is 0 Å². The molecule has 35 heavy (non-hydrogen) atoms. The van der Waals surface area contributed by atoms with Crippen LogP contribution in [-0.4, -0.2) is 33.7 Å². The van der Waals surface area contributed by atoms with E-state index in [2.05, 4.69) is 10.3 Å². The normalized spacial score (nSPS) is 15.6. The van der Waals surface area contributed by atoms with Crippen molar-refractivity contribution in [3.63, 3.8) is 0 Å². The minimum absolute atomic E-state index is 0.153. The Hall–Kier alpha value is -3.43. The number of carbonyl (C=O) groups is 1. The lowest BCUT2D eigenvalue weighted by atomic mass is 10.1. The number of aliphatic hydroxyl groups is 1. The van der Waals surface area contributed by atoms with Crippen LogP contribution in [-0.2, 0) is 12.6 Å². The largest absolute Gasteiger partial charge is 0.385 e. The molecule has 1 atom stereocenters. The molecule has 7 nitrogen and oxygen atoms in total.